The number of primary amides is 1. The summed E-state index contributed by atoms with van der Waals surface area (Å²) in [6, 6.07) is 6.32. The fourth-order valence-electron chi connectivity index (χ4n) is 1.98. The van der Waals surface area contributed by atoms with Gasteiger partial charge in [-0.2, -0.15) is 0 Å². The van der Waals surface area contributed by atoms with Crippen LogP contribution >= 0.6 is 0 Å². The second kappa shape index (κ2) is 7.40. The van der Waals surface area contributed by atoms with Crippen molar-refractivity contribution in [1.29, 1.82) is 0 Å². The molecule has 0 unspecified atom stereocenters. The Hall–Kier alpha value is -3.17. The van der Waals surface area contributed by atoms with Crippen molar-refractivity contribution < 1.29 is 9.59 Å². The monoisotopic (exact) mass is 330 g/mol. The van der Waals surface area contributed by atoms with E-state index in [2.05, 4.69) is 15.6 Å². The first-order valence-corrected chi connectivity index (χ1v) is 7.07. The van der Waals surface area contributed by atoms with Crippen LogP contribution in [0.15, 0.2) is 41.3 Å². The fourth-order valence-corrected chi connectivity index (χ4v) is 1.98. The molecule has 0 aliphatic rings. The lowest BCUT2D eigenvalue weighted by molar-refractivity contribution is -0.117. The van der Waals surface area contributed by atoms with Crippen LogP contribution in [0.2, 0.25) is 0 Å². The van der Waals surface area contributed by atoms with Crippen LogP contribution < -0.4 is 33.3 Å². The molecule has 24 heavy (non-hydrogen) atoms. The van der Waals surface area contributed by atoms with E-state index in [0.717, 1.165) is 0 Å². The summed E-state index contributed by atoms with van der Waals surface area (Å²) >= 11 is 0. The van der Waals surface area contributed by atoms with Crippen molar-refractivity contribution in [2.24, 2.45) is 17.2 Å². The van der Waals surface area contributed by atoms with E-state index >= 15 is 0 Å². The second-order valence-corrected chi connectivity index (χ2v) is 5.02. The molecule has 126 valence electrons. The quantitative estimate of drug-likeness (QED) is 0.443. The minimum absolute atomic E-state index is 0.0466. The standard InChI is InChI=1S/C15H18N6O3/c16-6-11(17)14(23)20-9-3-1-8(2-4-9)10-7-19-13(5-12(10)22)21-15(18)24/h1-5,7,11H,6,16-17H2,(H,20,23)(H4,18,19,21,22,24)/t11-/m1/s1. The highest BCUT2D eigenvalue weighted by Gasteiger charge is 2.11. The largest absolute Gasteiger partial charge is 0.351 e. The summed E-state index contributed by atoms with van der Waals surface area (Å²) in [6.07, 6.45) is 1.46. The van der Waals surface area contributed by atoms with Crippen LogP contribution in [0.1, 0.15) is 0 Å². The molecule has 2 rings (SSSR count). The molecule has 1 aromatic heterocycles. The van der Waals surface area contributed by atoms with Crippen LogP contribution in [0.4, 0.5) is 16.3 Å². The Labute approximate surface area is 137 Å². The van der Waals surface area contributed by atoms with E-state index in [9.17, 15) is 14.4 Å². The third-order valence-corrected chi connectivity index (χ3v) is 3.22. The smallest absolute Gasteiger partial charge is 0.317 e. The molecule has 0 radical (unpaired) electrons. The number of hydrogen-bond acceptors (Lipinski definition) is 5. The van der Waals surface area contributed by atoms with Gasteiger partial charge in [-0.3, -0.25) is 14.9 Å². The van der Waals surface area contributed by atoms with Gasteiger partial charge >= 0.3 is 6.03 Å². The molecule has 1 aromatic carbocycles. The molecule has 1 atom stereocenters. The Morgan fingerprint density at radius 3 is 2.38 bits per heavy atom. The third-order valence-electron chi connectivity index (χ3n) is 3.22. The Morgan fingerprint density at radius 1 is 1.17 bits per heavy atom. The number of nitrogens with one attached hydrogen (secondary N) is 3. The van der Waals surface area contributed by atoms with Gasteiger partial charge in [-0.1, -0.05) is 12.1 Å². The van der Waals surface area contributed by atoms with Crippen molar-refractivity contribution in [2.45, 2.75) is 6.04 Å². The zero-order chi connectivity index (χ0) is 17.7. The van der Waals surface area contributed by atoms with Crippen molar-refractivity contribution in [3.05, 3.63) is 46.8 Å². The first kappa shape index (κ1) is 17.2. The number of anilines is 2. The maximum Gasteiger partial charge on any atom is 0.317 e. The zero-order valence-electron chi connectivity index (χ0n) is 12.7. The average Bonchev–Trinajstić information content (AvgIpc) is 2.54. The SMILES string of the molecule is NC[C@@H](N)C(=O)Nc1ccc(-c2c[nH]c(NC(N)=O)cc2=O)cc1. The molecule has 0 saturated heterocycles. The van der Waals surface area contributed by atoms with Crippen LogP contribution in [0, 0.1) is 0 Å². The Morgan fingerprint density at radius 2 is 1.83 bits per heavy atom. The van der Waals surface area contributed by atoms with Gasteiger partial charge < -0.3 is 27.5 Å². The summed E-state index contributed by atoms with van der Waals surface area (Å²) in [7, 11) is 0. The van der Waals surface area contributed by atoms with Gasteiger partial charge in [-0.25, -0.2) is 4.79 Å². The van der Waals surface area contributed by atoms with E-state index < -0.39 is 12.1 Å². The molecule has 9 nitrogen and oxygen atoms in total. The molecule has 0 aliphatic carbocycles. The molecule has 0 fully saturated rings. The lowest BCUT2D eigenvalue weighted by atomic mass is 10.1. The van der Waals surface area contributed by atoms with Gasteiger partial charge in [0, 0.05) is 30.1 Å². The van der Waals surface area contributed by atoms with Gasteiger partial charge in [0.05, 0.1) is 6.04 Å². The highest BCUT2D eigenvalue weighted by molar-refractivity contribution is 5.95. The number of carbonyl (C=O) groups excluding carboxylic acids is 2. The second-order valence-electron chi connectivity index (χ2n) is 5.02. The molecule has 2 aromatic rings. The summed E-state index contributed by atoms with van der Waals surface area (Å²) in [6.45, 7) is 0.0466. The van der Waals surface area contributed by atoms with Gasteiger partial charge in [0.25, 0.3) is 0 Å². The van der Waals surface area contributed by atoms with E-state index in [-0.39, 0.29) is 23.7 Å². The Kier molecular flexibility index (Phi) is 5.30. The van der Waals surface area contributed by atoms with Crippen LogP contribution in [0.3, 0.4) is 0 Å². The van der Waals surface area contributed by atoms with Crippen molar-refractivity contribution in [2.75, 3.05) is 17.2 Å². The minimum atomic E-state index is -0.780. The molecule has 0 aliphatic heterocycles. The van der Waals surface area contributed by atoms with Crippen molar-refractivity contribution in [3.63, 3.8) is 0 Å². The number of rotatable bonds is 5. The molecule has 0 bridgehead atoms. The zero-order valence-corrected chi connectivity index (χ0v) is 12.7. The summed E-state index contributed by atoms with van der Waals surface area (Å²) in [4.78, 5) is 37.3. The maximum absolute atomic E-state index is 12.1. The van der Waals surface area contributed by atoms with Gasteiger partial charge in [0.15, 0.2) is 5.43 Å². The van der Waals surface area contributed by atoms with Gasteiger partial charge in [-0.05, 0) is 17.7 Å². The number of urea groups is 1. The number of pyridine rings is 1. The van der Waals surface area contributed by atoms with Crippen molar-refractivity contribution in [1.82, 2.24) is 4.98 Å². The normalized spacial score (nSPS) is 11.6. The maximum atomic E-state index is 12.1. The number of nitrogens with two attached hydrogens (primary N) is 3. The first-order valence-electron chi connectivity index (χ1n) is 7.07. The molecular weight excluding hydrogens is 312 g/mol. The fraction of sp³-hybridized carbons (Fsp3) is 0.133. The Balaban J connectivity index is 2.17. The van der Waals surface area contributed by atoms with Crippen LogP contribution in [0.5, 0.6) is 0 Å². The predicted molar refractivity (Wildman–Crippen MR) is 91.4 cm³/mol. The van der Waals surface area contributed by atoms with E-state index in [1.54, 1.807) is 24.3 Å². The number of hydrogen-bond donors (Lipinski definition) is 6. The van der Waals surface area contributed by atoms with Crippen molar-refractivity contribution >= 4 is 23.4 Å². The number of carbonyl (C=O) groups is 2. The van der Waals surface area contributed by atoms with E-state index in [4.69, 9.17) is 17.2 Å². The molecule has 9 N–H and O–H groups in total. The van der Waals surface area contributed by atoms with E-state index in [1.807, 2.05) is 0 Å². The molecule has 0 spiro atoms. The highest BCUT2D eigenvalue weighted by atomic mass is 16.2. The topological polar surface area (TPSA) is 169 Å². The van der Waals surface area contributed by atoms with Crippen molar-refractivity contribution in [3.8, 4) is 11.1 Å². The van der Waals surface area contributed by atoms with Crippen LogP contribution in [-0.2, 0) is 4.79 Å². The molecule has 9 heteroatoms. The van der Waals surface area contributed by atoms with E-state index in [1.165, 1.54) is 12.3 Å². The number of amides is 3. The molecule has 1 heterocycles. The predicted octanol–water partition coefficient (Wildman–Crippen LogP) is -0.243. The first-order chi connectivity index (χ1) is 11.4. The van der Waals surface area contributed by atoms with Gasteiger partial charge in [0.1, 0.15) is 5.82 Å². The summed E-state index contributed by atoms with van der Waals surface area (Å²) in [5.74, 6) is -0.180. The number of aromatic nitrogens is 1. The summed E-state index contributed by atoms with van der Waals surface area (Å²) in [5, 5.41) is 4.91. The lowest BCUT2D eigenvalue weighted by Crippen LogP contribution is -2.41. The Bertz CT molecular complexity index is 800. The number of H-pyrrole nitrogens is 1. The van der Waals surface area contributed by atoms with Gasteiger partial charge in [0.2, 0.25) is 5.91 Å². The lowest BCUT2D eigenvalue weighted by Gasteiger charge is -2.10. The molecule has 3 amide bonds. The summed E-state index contributed by atoms with van der Waals surface area (Å²) in [5.41, 5.74) is 17.1. The van der Waals surface area contributed by atoms with Crippen LogP contribution in [-0.4, -0.2) is 29.5 Å². The molecular formula is C15H18N6O3. The van der Waals surface area contributed by atoms with E-state index in [0.29, 0.717) is 16.8 Å². The number of aromatic amines is 1. The average molecular weight is 330 g/mol. The number of benzene rings is 1. The van der Waals surface area contributed by atoms with Crippen LogP contribution in [0.25, 0.3) is 11.1 Å². The summed E-state index contributed by atoms with van der Waals surface area (Å²) < 4.78 is 0. The van der Waals surface area contributed by atoms with Gasteiger partial charge in [-0.15, -0.1) is 0 Å². The third kappa shape index (κ3) is 4.18. The minimum Gasteiger partial charge on any atom is -0.351 e. The molecule has 0 saturated carbocycles. The highest BCUT2D eigenvalue weighted by Crippen LogP contribution is 2.18.